The molecule has 0 saturated heterocycles. The fourth-order valence-electron chi connectivity index (χ4n) is 2.29. The third kappa shape index (κ3) is 4.64. The number of hydrogen-bond acceptors (Lipinski definition) is 3. The summed E-state index contributed by atoms with van der Waals surface area (Å²) in [5, 5.41) is 14.1. The number of nitriles is 1. The lowest BCUT2D eigenvalue weighted by molar-refractivity contribution is -0.118. The van der Waals surface area contributed by atoms with Crippen molar-refractivity contribution in [2.45, 2.75) is 19.9 Å². The second-order valence-electron chi connectivity index (χ2n) is 5.86. The van der Waals surface area contributed by atoms with Crippen LogP contribution in [0.3, 0.4) is 0 Å². The highest BCUT2D eigenvalue weighted by Gasteiger charge is 2.25. The van der Waals surface area contributed by atoms with Crippen LogP contribution in [0.2, 0.25) is 0 Å². The Hall–Kier alpha value is -3.20. The third-order valence-electron chi connectivity index (χ3n) is 3.61. The van der Waals surface area contributed by atoms with Crippen LogP contribution in [0.15, 0.2) is 48.5 Å². The lowest BCUT2D eigenvalue weighted by atomic mass is 10.0. The Bertz CT molecular complexity index is 827. The monoisotopic (exact) mass is 339 g/mol. The van der Waals surface area contributed by atoms with Gasteiger partial charge < -0.3 is 10.6 Å². The number of rotatable bonds is 5. The summed E-state index contributed by atoms with van der Waals surface area (Å²) in [5.41, 5.74) is 0.747. The van der Waals surface area contributed by atoms with E-state index in [2.05, 4.69) is 10.6 Å². The number of carbonyl (C=O) groups excluding carboxylic acids is 2. The predicted octanol–water partition coefficient (Wildman–Crippen LogP) is 3.09. The maximum absolute atomic E-state index is 13.7. The topological polar surface area (TPSA) is 82.0 Å². The van der Waals surface area contributed by atoms with Gasteiger partial charge in [0.05, 0.1) is 17.2 Å². The van der Waals surface area contributed by atoms with Crippen LogP contribution in [0, 0.1) is 23.1 Å². The molecule has 2 rings (SSSR count). The van der Waals surface area contributed by atoms with Crippen molar-refractivity contribution in [1.29, 1.82) is 5.26 Å². The molecule has 0 bridgehead atoms. The van der Waals surface area contributed by atoms with Crippen molar-refractivity contribution in [1.82, 2.24) is 5.32 Å². The smallest absolute Gasteiger partial charge is 0.254 e. The zero-order chi connectivity index (χ0) is 18.4. The summed E-state index contributed by atoms with van der Waals surface area (Å²) in [6.07, 6.45) is 0. The summed E-state index contributed by atoms with van der Waals surface area (Å²) in [6.45, 7) is 3.55. The van der Waals surface area contributed by atoms with E-state index in [1.54, 1.807) is 38.1 Å². The van der Waals surface area contributed by atoms with Crippen molar-refractivity contribution in [3.63, 3.8) is 0 Å². The molecule has 1 atom stereocenters. The molecule has 0 aliphatic rings. The minimum atomic E-state index is -0.849. The number of halogens is 1. The number of benzene rings is 2. The Morgan fingerprint density at radius 2 is 1.84 bits per heavy atom. The Morgan fingerprint density at radius 1 is 1.12 bits per heavy atom. The molecule has 25 heavy (non-hydrogen) atoms. The maximum Gasteiger partial charge on any atom is 0.254 e. The van der Waals surface area contributed by atoms with Gasteiger partial charge in [0.25, 0.3) is 5.91 Å². The van der Waals surface area contributed by atoms with E-state index >= 15 is 0 Å². The van der Waals surface area contributed by atoms with Crippen molar-refractivity contribution in [3.8, 4) is 6.07 Å². The van der Waals surface area contributed by atoms with E-state index in [4.69, 9.17) is 5.26 Å². The van der Waals surface area contributed by atoms with Crippen LogP contribution in [0.1, 0.15) is 29.8 Å². The van der Waals surface area contributed by atoms with E-state index in [-0.39, 0.29) is 11.5 Å². The maximum atomic E-state index is 13.7. The highest BCUT2D eigenvalue weighted by molar-refractivity contribution is 6.01. The fourth-order valence-corrected chi connectivity index (χ4v) is 2.29. The van der Waals surface area contributed by atoms with Crippen molar-refractivity contribution in [2.24, 2.45) is 5.92 Å². The number of amides is 2. The fraction of sp³-hybridized carbons (Fsp3) is 0.211. The normalized spacial score (nSPS) is 11.5. The molecule has 0 aromatic heterocycles. The number of nitrogens with zero attached hydrogens (tertiary/aromatic N) is 1. The SMILES string of the molecule is CC(C)[C@H](NC(=O)c1ccccc1F)C(=O)Nc1cccc(C#N)c1. The first kappa shape index (κ1) is 18.1. The number of nitrogens with one attached hydrogen (secondary N) is 2. The minimum Gasteiger partial charge on any atom is -0.340 e. The molecular formula is C19H18FN3O2. The minimum absolute atomic E-state index is 0.118. The summed E-state index contributed by atoms with van der Waals surface area (Å²) < 4.78 is 13.7. The molecule has 0 saturated carbocycles. The highest BCUT2D eigenvalue weighted by atomic mass is 19.1. The Morgan fingerprint density at radius 3 is 2.48 bits per heavy atom. The molecule has 0 unspecified atom stereocenters. The van der Waals surface area contributed by atoms with Gasteiger partial charge in [0.1, 0.15) is 11.9 Å². The van der Waals surface area contributed by atoms with Crippen LogP contribution < -0.4 is 10.6 Å². The Kier molecular flexibility index (Phi) is 5.85. The van der Waals surface area contributed by atoms with E-state index in [0.717, 1.165) is 0 Å². The van der Waals surface area contributed by atoms with Gasteiger partial charge in [0.2, 0.25) is 5.91 Å². The third-order valence-corrected chi connectivity index (χ3v) is 3.61. The van der Waals surface area contributed by atoms with Gasteiger partial charge in [-0.15, -0.1) is 0 Å². The lowest BCUT2D eigenvalue weighted by Crippen LogP contribution is -2.47. The summed E-state index contributed by atoms with van der Waals surface area (Å²) in [6, 6.07) is 13.2. The zero-order valence-electron chi connectivity index (χ0n) is 13.9. The van der Waals surface area contributed by atoms with Crippen LogP contribution in [0.25, 0.3) is 0 Å². The van der Waals surface area contributed by atoms with Crippen molar-refractivity contribution in [3.05, 3.63) is 65.5 Å². The van der Waals surface area contributed by atoms with Gasteiger partial charge in [0.15, 0.2) is 0 Å². The van der Waals surface area contributed by atoms with Gasteiger partial charge in [-0.25, -0.2) is 4.39 Å². The van der Waals surface area contributed by atoms with Crippen molar-refractivity contribution in [2.75, 3.05) is 5.32 Å². The second kappa shape index (κ2) is 8.06. The number of anilines is 1. The molecule has 0 aliphatic carbocycles. The molecule has 2 amide bonds. The average molecular weight is 339 g/mol. The van der Waals surface area contributed by atoms with Crippen LogP contribution in [-0.4, -0.2) is 17.9 Å². The molecule has 0 fully saturated rings. The van der Waals surface area contributed by atoms with E-state index in [1.165, 1.54) is 24.3 Å². The highest BCUT2D eigenvalue weighted by Crippen LogP contribution is 2.13. The molecule has 6 heteroatoms. The molecule has 5 nitrogen and oxygen atoms in total. The molecule has 0 spiro atoms. The number of hydrogen-bond donors (Lipinski definition) is 2. The van der Waals surface area contributed by atoms with Crippen LogP contribution in [0.5, 0.6) is 0 Å². The molecule has 2 aromatic rings. The van der Waals surface area contributed by atoms with Gasteiger partial charge in [-0.2, -0.15) is 5.26 Å². The van der Waals surface area contributed by atoms with Crippen LogP contribution >= 0.6 is 0 Å². The first-order valence-corrected chi connectivity index (χ1v) is 7.78. The zero-order valence-corrected chi connectivity index (χ0v) is 13.9. The largest absolute Gasteiger partial charge is 0.340 e. The Labute approximate surface area is 145 Å². The van der Waals surface area contributed by atoms with Crippen molar-refractivity contribution >= 4 is 17.5 Å². The summed E-state index contributed by atoms with van der Waals surface area (Å²) >= 11 is 0. The quantitative estimate of drug-likeness (QED) is 0.878. The molecule has 2 N–H and O–H groups in total. The lowest BCUT2D eigenvalue weighted by Gasteiger charge is -2.22. The predicted molar refractivity (Wildman–Crippen MR) is 92.3 cm³/mol. The van der Waals surface area contributed by atoms with Gasteiger partial charge in [-0.1, -0.05) is 32.0 Å². The van der Waals surface area contributed by atoms with Gasteiger partial charge in [0, 0.05) is 5.69 Å². The van der Waals surface area contributed by atoms with E-state index < -0.39 is 23.7 Å². The van der Waals surface area contributed by atoms with Crippen LogP contribution in [0.4, 0.5) is 10.1 Å². The van der Waals surface area contributed by atoms with Gasteiger partial charge in [-0.05, 0) is 36.2 Å². The summed E-state index contributed by atoms with van der Waals surface area (Å²) in [7, 11) is 0. The molecule has 0 aliphatic heterocycles. The standard InChI is InChI=1S/C19H18FN3O2/c1-12(2)17(23-18(24)15-8-3-4-9-16(15)20)19(25)22-14-7-5-6-13(10-14)11-21/h3-10,12,17H,1-2H3,(H,22,25)(H,23,24)/t17-/m0/s1. The summed E-state index contributed by atoms with van der Waals surface area (Å²) in [5.74, 6) is -1.95. The van der Waals surface area contributed by atoms with Crippen LogP contribution in [-0.2, 0) is 4.79 Å². The van der Waals surface area contributed by atoms with E-state index in [9.17, 15) is 14.0 Å². The molecule has 0 heterocycles. The Balaban J connectivity index is 2.14. The average Bonchev–Trinajstić information content (AvgIpc) is 2.59. The molecule has 128 valence electrons. The van der Waals surface area contributed by atoms with E-state index in [0.29, 0.717) is 11.3 Å². The van der Waals surface area contributed by atoms with Gasteiger partial charge >= 0.3 is 0 Å². The first-order valence-electron chi connectivity index (χ1n) is 7.78. The molecule has 2 aromatic carbocycles. The summed E-state index contributed by atoms with van der Waals surface area (Å²) in [4.78, 5) is 24.8. The molecule has 0 radical (unpaired) electrons. The van der Waals surface area contributed by atoms with Gasteiger partial charge in [-0.3, -0.25) is 9.59 Å². The number of carbonyl (C=O) groups is 2. The molecular weight excluding hydrogens is 321 g/mol. The first-order chi connectivity index (χ1) is 11.9. The second-order valence-corrected chi connectivity index (χ2v) is 5.86. The van der Waals surface area contributed by atoms with E-state index in [1.807, 2.05) is 6.07 Å². The van der Waals surface area contributed by atoms with Crippen molar-refractivity contribution < 1.29 is 14.0 Å².